The van der Waals surface area contributed by atoms with E-state index in [-0.39, 0.29) is 12.3 Å². The molecule has 0 aliphatic heterocycles. The summed E-state index contributed by atoms with van der Waals surface area (Å²) in [7, 11) is 0. The number of anilines is 2. The van der Waals surface area contributed by atoms with Gasteiger partial charge in [-0.25, -0.2) is 0 Å². The van der Waals surface area contributed by atoms with Crippen LogP contribution in [-0.2, 0) is 11.2 Å². The van der Waals surface area contributed by atoms with Gasteiger partial charge in [-0.2, -0.15) is 0 Å². The molecule has 3 nitrogen and oxygen atoms in total. The number of carbonyl (C=O) groups excluding carboxylic acids is 1. The van der Waals surface area contributed by atoms with Crippen molar-refractivity contribution in [3.63, 3.8) is 0 Å². The van der Waals surface area contributed by atoms with Crippen LogP contribution in [0.5, 0.6) is 0 Å². The van der Waals surface area contributed by atoms with Gasteiger partial charge in [-0.05, 0) is 29.8 Å². The summed E-state index contributed by atoms with van der Waals surface area (Å²) in [6.07, 6.45) is 0.214. The first-order chi connectivity index (χ1) is 9.06. The Morgan fingerprint density at radius 3 is 2.53 bits per heavy atom. The molecule has 0 heterocycles. The molecule has 0 spiro atoms. The highest BCUT2D eigenvalue weighted by molar-refractivity contribution is 6.42. The molecule has 5 heteroatoms. The average Bonchev–Trinajstić information content (AvgIpc) is 2.37. The highest BCUT2D eigenvalue weighted by Crippen LogP contribution is 2.23. The SMILES string of the molecule is Nc1ccccc1NC(=O)Cc1ccc(Cl)c(Cl)c1. The zero-order chi connectivity index (χ0) is 13.8. The number of nitrogen functional groups attached to an aromatic ring is 1. The lowest BCUT2D eigenvalue weighted by Gasteiger charge is -2.08. The van der Waals surface area contributed by atoms with E-state index in [1.165, 1.54) is 0 Å². The summed E-state index contributed by atoms with van der Waals surface area (Å²) in [5, 5.41) is 3.66. The number of nitrogens with one attached hydrogen (secondary N) is 1. The summed E-state index contributed by atoms with van der Waals surface area (Å²) >= 11 is 11.7. The largest absolute Gasteiger partial charge is 0.397 e. The Bertz CT molecular complexity index is 614. The molecule has 0 saturated carbocycles. The lowest BCUT2D eigenvalue weighted by molar-refractivity contribution is -0.115. The molecule has 0 fully saturated rings. The first kappa shape index (κ1) is 13.7. The Morgan fingerprint density at radius 1 is 1.11 bits per heavy atom. The van der Waals surface area contributed by atoms with Gasteiger partial charge in [-0.1, -0.05) is 41.4 Å². The van der Waals surface area contributed by atoms with Gasteiger partial charge in [0.15, 0.2) is 0 Å². The maximum Gasteiger partial charge on any atom is 0.228 e. The Hall–Kier alpha value is -1.71. The first-order valence-electron chi connectivity index (χ1n) is 5.64. The Labute approximate surface area is 121 Å². The lowest BCUT2D eigenvalue weighted by Crippen LogP contribution is -2.15. The molecule has 3 N–H and O–H groups in total. The Kier molecular flexibility index (Phi) is 4.30. The van der Waals surface area contributed by atoms with Crippen molar-refractivity contribution < 1.29 is 4.79 Å². The van der Waals surface area contributed by atoms with Crippen LogP contribution in [0, 0.1) is 0 Å². The second kappa shape index (κ2) is 5.95. The van der Waals surface area contributed by atoms with Gasteiger partial charge in [0.1, 0.15) is 0 Å². The number of hydrogen-bond donors (Lipinski definition) is 2. The predicted molar refractivity (Wildman–Crippen MR) is 79.7 cm³/mol. The predicted octanol–water partition coefficient (Wildman–Crippen LogP) is 3.76. The molecule has 0 unspecified atom stereocenters. The van der Waals surface area contributed by atoms with E-state index in [0.29, 0.717) is 21.4 Å². The minimum atomic E-state index is -0.156. The van der Waals surface area contributed by atoms with E-state index in [0.717, 1.165) is 5.56 Å². The fourth-order valence-corrected chi connectivity index (χ4v) is 1.96. The van der Waals surface area contributed by atoms with E-state index in [9.17, 15) is 4.79 Å². The molecule has 2 aromatic rings. The maximum absolute atomic E-state index is 11.9. The quantitative estimate of drug-likeness (QED) is 0.847. The molecule has 19 heavy (non-hydrogen) atoms. The van der Waals surface area contributed by atoms with Crippen LogP contribution >= 0.6 is 23.2 Å². The lowest BCUT2D eigenvalue weighted by atomic mass is 10.1. The molecule has 0 saturated heterocycles. The van der Waals surface area contributed by atoms with Gasteiger partial charge >= 0.3 is 0 Å². The molecule has 98 valence electrons. The summed E-state index contributed by atoms with van der Waals surface area (Å²) in [6, 6.07) is 12.2. The molecular formula is C14H12Cl2N2O. The van der Waals surface area contributed by atoms with Gasteiger partial charge in [0.25, 0.3) is 0 Å². The number of benzene rings is 2. The highest BCUT2D eigenvalue weighted by atomic mass is 35.5. The fourth-order valence-electron chi connectivity index (χ4n) is 1.64. The molecule has 0 atom stereocenters. The van der Waals surface area contributed by atoms with Crippen LogP contribution in [0.4, 0.5) is 11.4 Å². The van der Waals surface area contributed by atoms with Gasteiger partial charge < -0.3 is 11.1 Å². The van der Waals surface area contributed by atoms with Crippen molar-refractivity contribution in [2.24, 2.45) is 0 Å². The van der Waals surface area contributed by atoms with Gasteiger partial charge in [0.05, 0.1) is 27.8 Å². The summed E-state index contributed by atoms with van der Waals surface area (Å²) < 4.78 is 0. The van der Waals surface area contributed by atoms with Crippen LogP contribution in [0.25, 0.3) is 0 Å². The molecular weight excluding hydrogens is 283 g/mol. The van der Waals surface area contributed by atoms with Crippen LogP contribution in [0.15, 0.2) is 42.5 Å². The van der Waals surface area contributed by atoms with Crippen molar-refractivity contribution in [2.75, 3.05) is 11.1 Å². The molecule has 0 bridgehead atoms. The summed E-state index contributed by atoms with van der Waals surface area (Å²) in [6.45, 7) is 0. The number of nitrogens with two attached hydrogens (primary N) is 1. The molecule has 0 radical (unpaired) electrons. The third-order valence-electron chi connectivity index (χ3n) is 2.58. The van der Waals surface area contributed by atoms with E-state index < -0.39 is 0 Å². The number of para-hydroxylation sites is 2. The zero-order valence-corrected chi connectivity index (χ0v) is 11.5. The minimum absolute atomic E-state index is 0.156. The second-order valence-electron chi connectivity index (χ2n) is 4.06. The van der Waals surface area contributed by atoms with Gasteiger partial charge in [-0.15, -0.1) is 0 Å². The normalized spacial score (nSPS) is 10.2. The molecule has 2 rings (SSSR count). The zero-order valence-electron chi connectivity index (χ0n) is 9.99. The maximum atomic E-state index is 11.9. The van der Waals surface area contributed by atoms with Crippen molar-refractivity contribution in [1.82, 2.24) is 0 Å². The van der Waals surface area contributed by atoms with E-state index in [1.54, 1.807) is 30.3 Å². The number of amides is 1. The summed E-state index contributed by atoms with van der Waals surface area (Å²) in [4.78, 5) is 11.9. The summed E-state index contributed by atoms with van der Waals surface area (Å²) in [5.41, 5.74) is 7.68. The van der Waals surface area contributed by atoms with Crippen LogP contribution in [0.1, 0.15) is 5.56 Å². The third-order valence-corrected chi connectivity index (χ3v) is 3.32. The van der Waals surface area contributed by atoms with Gasteiger partial charge in [-0.3, -0.25) is 4.79 Å². The van der Waals surface area contributed by atoms with E-state index in [2.05, 4.69) is 5.32 Å². The number of carbonyl (C=O) groups is 1. The van der Waals surface area contributed by atoms with Crippen LogP contribution in [0.2, 0.25) is 10.0 Å². The molecule has 0 aliphatic carbocycles. The molecule has 1 amide bonds. The van der Waals surface area contributed by atoms with Crippen LogP contribution < -0.4 is 11.1 Å². The Morgan fingerprint density at radius 2 is 1.84 bits per heavy atom. The third kappa shape index (κ3) is 3.63. The monoisotopic (exact) mass is 294 g/mol. The van der Waals surface area contributed by atoms with E-state index in [1.807, 2.05) is 12.1 Å². The van der Waals surface area contributed by atoms with Crippen LogP contribution in [-0.4, -0.2) is 5.91 Å². The Balaban J connectivity index is 2.05. The molecule has 0 aromatic heterocycles. The van der Waals surface area contributed by atoms with Crippen molar-refractivity contribution >= 4 is 40.5 Å². The van der Waals surface area contributed by atoms with Crippen molar-refractivity contribution in [3.05, 3.63) is 58.1 Å². The van der Waals surface area contributed by atoms with E-state index in [4.69, 9.17) is 28.9 Å². The topological polar surface area (TPSA) is 55.1 Å². The molecule has 0 aliphatic rings. The second-order valence-corrected chi connectivity index (χ2v) is 4.88. The van der Waals surface area contributed by atoms with E-state index >= 15 is 0 Å². The fraction of sp³-hybridized carbons (Fsp3) is 0.0714. The van der Waals surface area contributed by atoms with Crippen molar-refractivity contribution in [1.29, 1.82) is 0 Å². The number of rotatable bonds is 3. The molecule has 2 aromatic carbocycles. The first-order valence-corrected chi connectivity index (χ1v) is 6.40. The van der Waals surface area contributed by atoms with Crippen molar-refractivity contribution in [2.45, 2.75) is 6.42 Å². The standard InChI is InChI=1S/C14H12Cl2N2O/c15-10-6-5-9(7-11(10)16)8-14(19)18-13-4-2-1-3-12(13)17/h1-7H,8,17H2,(H,18,19). The minimum Gasteiger partial charge on any atom is -0.397 e. The highest BCUT2D eigenvalue weighted by Gasteiger charge is 2.07. The summed E-state index contributed by atoms with van der Waals surface area (Å²) in [5.74, 6) is -0.156. The number of hydrogen-bond acceptors (Lipinski definition) is 2. The smallest absolute Gasteiger partial charge is 0.228 e. The number of halogens is 2. The van der Waals surface area contributed by atoms with Crippen LogP contribution in [0.3, 0.4) is 0 Å². The average molecular weight is 295 g/mol. The van der Waals surface area contributed by atoms with Crippen molar-refractivity contribution in [3.8, 4) is 0 Å². The van der Waals surface area contributed by atoms with Gasteiger partial charge in [0, 0.05) is 0 Å². The van der Waals surface area contributed by atoms with Gasteiger partial charge in [0.2, 0.25) is 5.91 Å².